The quantitative estimate of drug-likeness (QED) is 0.111. The smallest absolute Gasteiger partial charge is 0.0546 e. The average molecular weight is 847 g/mol. The molecule has 2 nitrogen and oxygen atoms in total. The van der Waals surface area contributed by atoms with Crippen LogP contribution >= 0.6 is 0 Å². The van der Waals surface area contributed by atoms with Crippen molar-refractivity contribution in [1.82, 2.24) is 0 Å². The topological polar surface area (TPSA) is 6.48 Å². The number of rotatable bonds is 8. The number of hydrogen-bond acceptors (Lipinski definition) is 2. The van der Waals surface area contributed by atoms with Crippen LogP contribution in [0.15, 0.2) is 206 Å². The van der Waals surface area contributed by atoms with Crippen LogP contribution in [0.3, 0.4) is 0 Å². The van der Waals surface area contributed by atoms with Crippen LogP contribution in [0.2, 0.25) is 0 Å². The van der Waals surface area contributed by atoms with Crippen molar-refractivity contribution >= 4 is 77.2 Å². The highest BCUT2D eigenvalue weighted by Crippen LogP contribution is 2.54. The second-order valence-corrected chi connectivity index (χ2v) is 18.5. The van der Waals surface area contributed by atoms with E-state index < -0.39 is 0 Å². The van der Waals surface area contributed by atoms with Crippen LogP contribution in [0, 0.1) is 0 Å². The summed E-state index contributed by atoms with van der Waals surface area (Å²) in [5, 5.41) is 10.2. The molecule has 11 aromatic carbocycles. The summed E-state index contributed by atoms with van der Waals surface area (Å²) >= 11 is 0. The van der Waals surface area contributed by atoms with Gasteiger partial charge in [0.25, 0.3) is 0 Å². The second kappa shape index (κ2) is 16.1. The third kappa shape index (κ3) is 6.38. The lowest BCUT2D eigenvalue weighted by Gasteiger charge is -2.31. The van der Waals surface area contributed by atoms with E-state index in [9.17, 15) is 0 Å². The van der Waals surface area contributed by atoms with Crippen LogP contribution in [0.1, 0.15) is 47.9 Å². The van der Waals surface area contributed by atoms with Crippen molar-refractivity contribution in [2.45, 2.75) is 51.4 Å². The van der Waals surface area contributed by atoms with E-state index >= 15 is 0 Å². The van der Waals surface area contributed by atoms with Gasteiger partial charge in [-0.3, -0.25) is 0 Å². The van der Waals surface area contributed by atoms with Crippen molar-refractivity contribution in [2.24, 2.45) is 0 Å². The number of anilines is 6. The molecule has 2 aliphatic rings. The Balaban J connectivity index is 1.18. The maximum atomic E-state index is 2.53. The number of para-hydroxylation sites is 2. The van der Waals surface area contributed by atoms with Gasteiger partial charge in [-0.15, -0.1) is 0 Å². The molecular formula is C64H50N2. The number of fused-ring (bicyclic) bond motifs is 4. The van der Waals surface area contributed by atoms with Gasteiger partial charge in [0.05, 0.1) is 11.4 Å². The molecule has 0 saturated carbocycles. The third-order valence-corrected chi connectivity index (χ3v) is 14.7. The first-order valence-corrected chi connectivity index (χ1v) is 24.0. The minimum atomic E-state index is 1.13. The number of benzene rings is 11. The van der Waals surface area contributed by atoms with Crippen LogP contribution in [0.5, 0.6) is 0 Å². The summed E-state index contributed by atoms with van der Waals surface area (Å²) < 4.78 is 0. The van der Waals surface area contributed by atoms with E-state index in [-0.39, 0.29) is 0 Å². The molecule has 0 spiro atoms. The fourth-order valence-corrected chi connectivity index (χ4v) is 11.7. The van der Waals surface area contributed by atoms with Crippen LogP contribution in [-0.2, 0) is 25.7 Å². The zero-order valence-corrected chi connectivity index (χ0v) is 37.2. The van der Waals surface area contributed by atoms with Gasteiger partial charge in [0.1, 0.15) is 0 Å². The summed E-state index contributed by atoms with van der Waals surface area (Å²) in [5.41, 5.74) is 18.0. The predicted octanol–water partition coefficient (Wildman–Crippen LogP) is 17.8. The largest absolute Gasteiger partial charge is 0.310 e. The molecule has 0 atom stereocenters. The van der Waals surface area contributed by atoms with Gasteiger partial charge in [0.2, 0.25) is 0 Å². The van der Waals surface area contributed by atoms with E-state index in [0.29, 0.717) is 0 Å². The predicted molar refractivity (Wildman–Crippen MR) is 281 cm³/mol. The number of hydrogen-bond donors (Lipinski definition) is 0. The minimum absolute atomic E-state index is 1.13. The van der Waals surface area contributed by atoms with Crippen molar-refractivity contribution in [2.75, 3.05) is 9.80 Å². The molecule has 0 aliphatic heterocycles. The molecule has 0 radical (unpaired) electrons. The van der Waals surface area contributed by atoms with Crippen molar-refractivity contribution in [3.8, 4) is 22.3 Å². The van der Waals surface area contributed by atoms with Gasteiger partial charge in [0, 0.05) is 44.3 Å². The maximum absolute atomic E-state index is 2.53. The van der Waals surface area contributed by atoms with Gasteiger partial charge in [-0.2, -0.15) is 0 Å². The molecule has 0 aromatic heterocycles. The lowest BCUT2D eigenvalue weighted by molar-refractivity contribution is 0.685. The minimum Gasteiger partial charge on any atom is -0.310 e. The van der Waals surface area contributed by atoms with Crippen molar-refractivity contribution in [1.29, 1.82) is 0 Å². The van der Waals surface area contributed by atoms with Gasteiger partial charge < -0.3 is 9.80 Å². The molecule has 13 rings (SSSR count). The second-order valence-electron chi connectivity index (χ2n) is 18.5. The Labute approximate surface area is 387 Å². The molecule has 316 valence electrons. The first-order chi connectivity index (χ1) is 32.8. The monoisotopic (exact) mass is 846 g/mol. The molecule has 11 aromatic rings. The molecule has 0 N–H and O–H groups in total. The summed E-state index contributed by atoms with van der Waals surface area (Å²) in [7, 11) is 0. The fraction of sp³-hybridized carbons (Fsp3) is 0.125. The first kappa shape index (κ1) is 38.8. The molecule has 2 aliphatic carbocycles. The normalized spacial score (nSPS) is 13.6. The van der Waals surface area contributed by atoms with Gasteiger partial charge in [0.15, 0.2) is 0 Å². The molecule has 0 bridgehead atoms. The van der Waals surface area contributed by atoms with E-state index in [1.807, 2.05) is 0 Å². The molecule has 0 unspecified atom stereocenters. The average Bonchev–Trinajstić information content (AvgIpc) is 3.39. The zero-order valence-electron chi connectivity index (χ0n) is 37.2. The first-order valence-electron chi connectivity index (χ1n) is 24.0. The molecule has 0 heterocycles. The summed E-state index contributed by atoms with van der Waals surface area (Å²) in [6.45, 7) is 0. The van der Waals surface area contributed by atoms with Crippen LogP contribution < -0.4 is 9.80 Å². The zero-order chi connectivity index (χ0) is 43.6. The standard InChI is InChI=1S/C64H50N2/c1-5-21-45(22-6-1)57-41-59(65(49-27-9-3-10-28-49)51-37-35-43-19-13-15-25-47(43)39-51)53-31-18-34-56-61(53)63(57)55-33-17-32-54-60(42-58(64(56)62(54)55)46-23-7-2-8-24-46)66(50-29-11-4-12-30-50)52-38-36-44-20-14-16-26-48(44)40-52/h1-12,17-18,21-24,27-42H,13-16,19-20,25-26H2. The molecule has 2 heteroatoms. The Kier molecular flexibility index (Phi) is 9.44. The van der Waals surface area contributed by atoms with Gasteiger partial charge in [-0.25, -0.2) is 0 Å². The summed E-state index contributed by atoms with van der Waals surface area (Å²) in [5.74, 6) is 0. The van der Waals surface area contributed by atoms with E-state index in [4.69, 9.17) is 0 Å². The van der Waals surface area contributed by atoms with Crippen LogP contribution in [-0.4, -0.2) is 0 Å². The van der Waals surface area contributed by atoms with Gasteiger partial charge in [-0.05, 0) is 178 Å². The Morgan fingerprint density at radius 3 is 1.03 bits per heavy atom. The highest BCUT2D eigenvalue weighted by atomic mass is 15.1. The van der Waals surface area contributed by atoms with Crippen molar-refractivity contribution in [3.63, 3.8) is 0 Å². The van der Waals surface area contributed by atoms with Crippen LogP contribution in [0.4, 0.5) is 34.1 Å². The van der Waals surface area contributed by atoms with Crippen molar-refractivity contribution < 1.29 is 0 Å². The highest BCUT2D eigenvalue weighted by molar-refractivity contribution is 6.40. The van der Waals surface area contributed by atoms with Crippen molar-refractivity contribution in [3.05, 3.63) is 229 Å². The number of nitrogens with zero attached hydrogens (tertiary/aromatic N) is 2. The third-order valence-electron chi connectivity index (χ3n) is 14.7. The van der Waals surface area contributed by atoms with Gasteiger partial charge in [-0.1, -0.05) is 146 Å². The molecule has 0 fully saturated rings. The highest BCUT2D eigenvalue weighted by Gasteiger charge is 2.28. The van der Waals surface area contributed by atoms with E-state index in [1.54, 1.807) is 0 Å². The van der Waals surface area contributed by atoms with Gasteiger partial charge >= 0.3 is 0 Å². The maximum Gasteiger partial charge on any atom is 0.0546 e. The molecule has 66 heavy (non-hydrogen) atoms. The Hall–Kier alpha value is -7.68. The van der Waals surface area contributed by atoms with E-state index in [2.05, 4.69) is 216 Å². The van der Waals surface area contributed by atoms with E-state index in [0.717, 1.165) is 37.1 Å². The number of aryl methyl sites for hydroxylation is 4. The molecule has 0 saturated heterocycles. The summed E-state index contributed by atoms with van der Waals surface area (Å²) in [4.78, 5) is 5.05. The Morgan fingerprint density at radius 1 is 0.258 bits per heavy atom. The molecular weight excluding hydrogens is 797 g/mol. The molecule has 0 amide bonds. The summed E-state index contributed by atoms with van der Waals surface area (Å²) in [6.07, 6.45) is 9.60. The summed E-state index contributed by atoms with van der Waals surface area (Å²) in [6, 6.07) is 77.8. The Bertz CT molecular complexity index is 3340. The SMILES string of the molecule is c1ccc(-c2cc(N(c3ccccc3)c3ccc4c(c3)CCCC4)c3cccc4c5c(-c6ccccc6)cc(N(c6ccccc6)c6ccc7c(c6)CCCC7)c6cccc(c2c34)c65)cc1. The Morgan fingerprint density at radius 2 is 0.621 bits per heavy atom. The van der Waals surface area contributed by atoms with E-state index in [1.165, 1.54) is 136 Å². The van der Waals surface area contributed by atoms with Crippen LogP contribution in [0.25, 0.3) is 65.3 Å². The lowest BCUT2D eigenvalue weighted by atomic mass is 9.82. The fourth-order valence-electron chi connectivity index (χ4n) is 11.7. The lowest BCUT2D eigenvalue weighted by Crippen LogP contribution is -2.13.